The van der Waals surface area contributed by atoms with Gasteiger partial charge in [0.05, 0.1) is 12.1 Å². The van der Waals surface area contributed by atoms with E-state index in [0.717, 1.165) is 39.3 Å². The zero-order chi connectivity index (χ0) is 14.4. The Labute approximate surface area is 121 Å². The quantitative estimate of drug-likeness (QED) is 0.724. The first-order chi connectivity index (χ1) is 9.70. The van der Waals surface area contributed by atoms with Crippen molar-refractivity contribution in [1.82, 2.24) is 9.80 Å². The molecule has 2 saturated heterocycles. The Hall–Kier alpha value is -0.690. The summed E-state index contributed by atoms with van der Waals surface area (Å²) in [5.74, 6) is 0.0545. The van der Waals surface area contributed by atoms with Crippen LogP contribution in [0.2, 0.25) is 0 Å². The van der Waals surface area contributed by atoms with Gasteiger partial charge in [-0.25, -0.2) is 0 Å². The normalized spacial score (nSPS) is 25.9. The molecule has 0 aromatic rings. The van der Waals surface area contributed by atoms with Gasteiger partial charge >= 0.3 is 0 Å². The van der Waals surface area contributed by atoms with Gasteiger partial charge < -0.3 is 20.1 Å². The lowest BCUT2D eigenvalue weighted by molar-refractivity contribution is -0.134. The number of nitrogens with two attached hydrogens (primary N) is 1. The van der Waals surface area contributed by atoms with Crippen LogP contribution >= 0.6 is 0 Å². The van der Waals surface area contributed by atoms with Gasteiger partial charge in [0.2, 0.25) is 5.91 Å². The summed E-state index contributed by atoms with van der Waals surface area (Å²) in [5, 5.41) is 0. The van der Waals surface area contributed by atoms with Gasteiger partial charge in [-0.3, -0.25) is 9.69 Å². The zero-order valence-corrected chi connectivity index (χ0v) is 12.4. The molecule has 20 heavy (non-hydrogen) atoms. The molecule has 2 rings (SSSR count). The number of ether oxygens (including phenoxy) is 2. The van der Waals surface area contributed by atoms with Gasteiger partial charge in [0.25, 0.3) is 0 Å². The van der Waals surface area contributed by atoms with E-state index in [4.69, 9.17) is 15.2 Å². The molecule has 0 spiro atoms. The van der Waals surface area contributed by atoms with Crippen molar-refractivity contribution in [1.29, 1.82) is 0 Å². The summed E-state index contributed by atoms with van der Waals surface area (Å²) in [4.78, 5) is 16.4. The van der Waals surface area contributed by atoms with Crippen LogP contribution in [0.15, 0.2) is 0 Å². The number of rotatable bonds is 6. The van der Waals surface area contributed by atoms with Crippen molar-refractivity contribution in [2.24, 2.45) is 5.73 Å². The Kier molecular flexibility index (Phi) is 6.22. The SMILES string of the molecule is COCCC(N)C(=O)N1CCN(CC2CCCO2)CC1. The second kappa shape index (κ2) is 7.93. The fourth-order valence-corrected chi connectivity index (χ4v) is 2.83. The highest BCUT2D eigenvalue weighted by Crippen LogP contribution is 2.14. The van der Waals surface area contributed by atoms with Crippen LogP contribution in [0.3, 0.4) is 0 Å². The maximum atomic E-state index is 12.2. The lowest BCUT2D eigenvalue weighted by Crippen LogP contribution is -2.54. The maximum absolute atomic E-state index is 12.2. The molecule has 0 bridgehead atoms. The topological polar surface area (TPSA) is 68.0 Å². The van der Waals surface area contributed by atoms with Crippen LogP contribution in [0.4, 0.5) is 0 Å². The van der Waals surface area contributed by atoms with Gasteiger partial charge in [-0.15, -0.1) is 0 Å². The molecule has 0 aromatic heterocycles. The minimum atomic E-state index is -0.431. The van der Waals surface area contributed by atoms with E-state index in [2.05, 4.69) is 4.90 Å². The first kappa shape index (κ1) is 15.7. The first-order valence-corrected chi connectivity index (χ1v) is 7.58. The highest BCUT2D eigenvalue weighted by molar-refractivity contribution is 5.81. The van der Waals surface area contributed by atoms with Crippen molar-refractivity contribution >= 4 is 5.91 Å². The van der Waals surface area contributed by atoms with Crippen LogP contribution in [-0.4, -0.2) is 80.9 Å². The minimum absolute atomic E-state index is 0.0545. The molecule has 6 heteroatoms. The standard InChI is InChI=1S/C14H27N3O3/c1-19-10-4-13(15)14(18)17-7-5-16(6-8-17)11-12-3-2-9-20-12/h12-13H,2-11,15H2,1H3. The number of carbonyl (C=O) groups is 1. The van der Waals surface area contributed by atoms with Gasteiger partial charge in [0.1, 0.15) is 0 Å². The number of carbonyl (C=O) groups excluding carboxylic acids is 1. The molecule has 2 aliphatic rings. The molecule has 2 unspecified atom stereocenters. The lowest BCUT2D eigenvalue weighted by Gasteiger charge is -2.36. The highest BCUT2D eigenvalue weighted by atomic mass is 16.5. The highest BCUT2D eigenvalue weighted by Gasteiger charge is 2.27. The van der Waals surface area contributed by atoms with E-state index in [0.29, 0.717) is 19.1 Å². The van der Waals surface area contributed by atoms with Crippen LogP contribution in [0.1, 0.15) is 19.3 Å². The van der Waals surface area contributed by atoms with Gasteiger partial charge in [-0.1, -0.05) is 0 Å². The fraction of sp³-hybridized carbons (Fsp3) is 0.929. The summed E-state index contributed by atoms with van der Waals surface area (Å²) in [6.07, 6.45) is 3.32. The zero-order valence-electron chi connectivity index (χ0n) is 12.4. The molecule has 2 aliphatic heterocycles. The molecule has 2 N–H and O–H groups in total. The Morgan fingerprint density at radius 1 is 1.40 bits per heavy atom. The monoisotopic (exact) mass is 285 g/mol. The molecule has 116 valence electrons. The number of piperazine rings is 1. The molecule has 2 heterocycles. The third-order valence-electron chi connectivity index (χ3n) is 4.12. The molecule has 0 aromatic carbocycles. The minimum Gasteiger partial charge on any atom is -0.385 e. The molecular weight excluding hydrogens is 258 g/mol. The van der Waals surface area contributed by atoms with Crippen LogP contribution in [0.5, 0.6) is 0 Å². The second-order valence-corrected chi connectivity index (χ2v) is 5.65. The van der Waals surface area contributed by atoms with E-state index in [9.17, 15) is 4.79 Å². The van der Waals surface area contributed by atoms with Crippen LogP contribution in [0, 0.1) is 0 Å². The maximum Gasteiger partial charge on any atom is 0.239 e. The van der Waals surface area contributed by atoms with Crippen molar-refractivity contribution in [3.63, 3.8) is 0 Å². The Morgan fingerprint density at radius 3 is 2.75 bits per heavy atom. The Morgan fingerprint density at radius 2 is 2.15 bits per heavy atom. The molecule has 0 saturated carbocycles. The summed E-state index contributed by atoms with van der Waals surface area (Å²) in [5.41, 5.74) is 5.90. The molecule has 2 atom stereocenters. The fourth-order valence-electron chi connectivity index (χ4n) is 2.83. The van der Waals surface area contributed by atoms with Crippen molar-refractivity contribution in [3.8, 4) is 0 Å². The molecule has 1 amide bonds. The van der Waals surface area contributed by atoms with E-state index in [-0.39, 0.29) is 5.91 Å². The number of nitrogens with zero attached hydrogens (tertiary/aromatic N) is 2. The third-order valence-corrected chi connectivity index (χ3v) is 4.12. The average molecular weight is 285 g/mol. The van der Waals surface area contributed by atoms with Crippen molar-refractivity contribution in [3.05, 3.63) is 0 Å². The molecule has 0 radical (unpaired) electrons. The van der Waals surface area contributed by atoms with E-state index < -0.39 is 6.04 Å². The van der Waals surface area contributed by atoms with Crippen molar-refractivity contribution in [2.45, 2.75) is 31.4 Å². The predicted octanol–water partition coefficient (Wildman–Crippen LogP) is -0.327. The Bertz CT molecular complexity index is 300. The van der Waals surface area contributed by atoms with E-state index in [1.807, 2.05) is 4.90 Å². The van der Waals surface area contributed by atoms with Crippen molar-refractivity contribution in [2.75, 3.05) is 53.0 Å². The predicted molar refractivity (Wildman–Crippen MR) is 76.5 cm³/mol. The summed E-state index contributed by atoms with van der Waals surface area (Å²) < 4.78 is 10.6. The van der Waals surface area contributed by atoms with Gasteiger partial charge in [-0.2, -0.15) is 0 Å². The second-order valence-electron chi connectivity index (χ2n) is 5.65. The number of amides is 1. The summed E-state index contributed by atoms with van der Waals surface area (Å²) >= 11 is 0. The average Bonchev–Trinajstić information content (AvgIpc) is 2.97. The first-order valence-electron chi connectivity index (χ1n) is 7.58. The van der Waals surface area contributed by atoms with Gasteiger partial charge in [0, 0.05) is 53.0 Å². The smallest absolute Gasteiger partial charge is 0.239 e. The molecule has 6 nitrogen and oxygen atoms in total. The van der Waals surface area contributed by atoms with E-state index in [1.165, 1.54) is 12.8 Å². The van der Waals surface area contributed by atoms with Crippen LogP contribution in [0.25, 0.3) is 0 Å². The number of hydrogen-bond acceptors (Lipinski definition) is 5. The van der Waals surface area contributed by atoms with Gasteiger partial charge in [0.15, 0.2) is 0 Å². The van der Waals surface area contributed by atoms with Gasteiger partial charge in [-0.05, 0) is 19.3 Å². The van der Waals surface area contributed by atoms with E-state index in [1.54, 1.807) is 7.11 Å². The van der Waals surface area contributed by atoms with E-state index >= 15 is 0 Å². The third kappa shape index (κ3) is 4.41. The lowest BCUT2D eigenvalue weighted by atomic mass is 10.1. The summed E-state index contributed by atoms with van der Waals surface area (Å²) in [6.45, 7) is 5.81. The number of hydrogen-bond donors (Lipinski definition) is 1. The molecular formula is C14H27N3O3. The van der Waals surface area contributed by atoms with Crippen LogP contribution < -0.4 is 5.73 Å². The summed E-state index contributed by atoms with van der Waals surface area (Å²) in [7, 11) is 1.63. The number of methoxy groups -OCH3 is 1. The Balaban J connectivity index is 1.68. The summed E-state index contributed by atoms with van der Waals surface area (Å²) in [6, 6.07) is -0.431. The molecule has 2 fully saturated rings. The van der Waals surface area contributed by atoms with Crippen molar-refractivity contribution < 1.29 is 14.3 Å². The van der Waals surface area contributed by atoms with Crippen LogP contribution in [-0.2, 0) is 14.3 Å². The largest absolute Gasteiger partial charge is 0.385 e. The molecule has 0 aliphatic carbocycles.